The Morgan fingerprint density at radius 2 is 1.83 bits per heavy atom. The van der Waals surface area contributed by atoms with Crippen molar-refractivity contribution >= 4 is 23.0 Å². The highest BCUT2D eigenvalue weighted by Crippen LogP contribution is 2.30. The number of para-hydroxylation sites is 2. The third-order valence-electron chi connectivity index (χ3n) is 5.60. The van der Waals surface area contributed by atoms with Gasteiger partial charge in [0.2, 0.25) is 5.69 Å². The van der Waals surface area contributed by atoms with Gasteiger partial charge in [0, 0.05) is 11.3 Å². The molecule has 36 heavy (non-hydrogen) atoms. The van der Waals surface area contributed by atoms with Crippen molar-refractivity contribution in [3.8, 4) is 5.75 Å². The van der Waals surface area contributed by atoms with Gasteiger partial charge in [0.1, 0.15) is 12.4 Å². The molecule has 0 heterocycles. The number of fused-ring (bicyclic) bond motifs is 1. The molecular weight excluding hydrogens is 471 g/mol. The van der Waals surface area contributed by atoms with Crippen LogP contribution in [-0.2, 0) is 28.8 Å². The van der Waals surface area contributed by atoms with Crippen LogP contribution in [0.15, 0.2) is 71.9 Å². The second kappa shape index (κ2) is 11.0. The Morgan fingerprint density at radius 3 is 2.58 bits per heavy atom. The van der Waals surface area contributed by atoms with E-state index in [2.05, 4.69) is 15.3 Å². The summed E-state index contributed by atoms with van der Waals surface area (Å²) >= 11 is 0. The number of carbonyl (C=O) groups excluding carboxylic acids is 1. The maximum Gasteiger partial charge on any atom is 0.416 e. The third-order valence-corrected chi connectivity index (χ3v) is 5.60. The number of amides is 1. The minimum Gasteiger partial charge on any atom is -0.484 e. The lowest BCUT2D eigenvalue weighted by atomic mass is 9.90. The molecule has 0 aliphatic heterocycles. The Bertz CT molecular complexity index is 1310. The van der Waals surface area contributed by atoms with Gasteiger partial charge < -0.3 is 14.9 Å². The summed E-state index contributed by atoms with van der Waals surface area (Å²) in [5.41, 5.74) is 3.34. The Morgan fingerprint density at radius 1 is 1.06 bits per heavy atom. The zero-order valence-corrected chi connectivity index (χ0v) is 19.1. The lowest BCUT2D eigenvalue weighted by molar-refractivity contribution is -0.137. The van der Waals surface area contributed by atoms with Crippen LogP contribution in [-0.4, -0.2) is 18.2 Å². The number of anilines is 1. The van der Waals surface area contributed by atoms with Crippen molar-refractivity contribution in [2.75, 3.05) is 11.9 Å². The van der Waals surface area contributed by atoms with Crippen molar-refractivity contribution in [1.82, 2.24) is 0 Å². The zero-order chi connectivity index (χ0) is 25.5. The molecule has 0 unspecified atom stereocenters. The van der Waals surface area contributed by atoms with Crippen LogP contribution in [0.1, 0.15) is 35.1 Å². The molecule has 0 radical (unpaired) electrons. The maximum absolute atomic E-state index is 12.7. The fourth-order valence-corrected chi connectivity index (χ4v) is 3.81. The summed E-state index contributed by atoms with van der Waals surface area (Å²) in [6.07, 6.45) is -1.99. The molecular formula is C27H22F3N3O3. The Kier molecular flexibility index (Phi) is 7.54. The first kappa shape index (κ1) is 24.8. The van der Waals surface area contributed by atoms with Crippen molar-refractivity contribution in [3.63, 3.8) is 0 Å². The molecule has 0 spiro atoms. The number of halogens is 3. The van der Waals surface area contributed by atoms with Gasteiger partial charge in [-0.05, 0) is 66.8 Å². The van der Waals surface area contributed by atoms with E-state index in [1.807, 2.05) is 12.1 Å². The summed E-state index contributed by atoms with van der Waals surface area (Å²) in [5.74, 6) is 0.164. The molecule has 0 saturated carbocycles. The number of benzene rings is 3. The number of alkyl halides is 3. The average Bonchev–Trinajstić information content (AvgIpc) is 2.87. The van der Waals surface area contributed by atoms with Gasteiger partial charge in [-0.1, -0.05) is 35.5 Å². The van der Waals surface area contributed by atoms with Crippen molar-refractivity contribution < 1.29 is 27.5 Å². The van der Waals surface area contributed by atoms with Crippen LogP contribution in [0.4, 0.5) is 24.5 Å². The van der Waals surface area contributed by atoms with E-state index in [0.29, 0.717) is 29.1 Å². The normalized spacial score (nSPS) is 14.0. The first-order valence-electron chi connectivity index (χ1n) is 11.2. The maximum atomic E-state index is 12.7. The van der Waals surface area contributed by atoms with Crippen molar-refractivity contribution in [2.24, 2.45) is 5.16 Å². The van der Waals surface area contributed by atoms with Gasteiger partial charge in [-0.3, -0.25) is 4.79 Å². The molecule has 0 atom stereocenters. The van der Waals surface area contributed by atoms with E-state index in [1.54, 1.807) is 30.3 Å². The highest BCUT2D eigenvalue weighted by molar-refractivity contribution is 6.02. The van der Waals surface area contributed by atoms with Crippen LogP contribution in [0.25, 0.3) is 4.85 Å². The summed E-state index contributed by atoms with van der Waals surface area (Å²) in [6.45, 7) is 7.02. The Labute approximate surface area is 206 Å². The second-order valence-corrected chi connectivity index (χ2v) is 8.14. The van der Waals surface area contributed by atoms with Crippen LogP contribution in [0.5, 0.6) is 5.75 Å². The molecule has 184 valence electrons. The van der Waals surface area contributed by atoms with E-state index in [0.717, 1.165) is 41.8 Å². The number of hydrogen-bond acceptors (Lipinski definition) is 4. The van der Waals surface area contributed by atoms with Crippen LogP contribution >= 0.6 is 0 Å². The molecule has 1 aliphatic carbocycles. The van der Waals surface area contributed by atoms with Crippen LogP contribution in [0.2, 0.25) is 0 Å². The fourth-order valence-electron chi connectivity index (χ4n) is 3.81. The van der Waals surface area contributed by atoms with Crippen molar-refractivity contribution in [3.05, 3.63) is 100 Å². The summed E-state index contributed by atoms with van der Waals surface area (Å²) in [6, 6.07) is 17.0. The van der Waals surface area contributed by atoms with Gasteiger partial charge in [-0.2, -0.15) is 13.2 Å². The van der Waals surface area contributed by atoms with Gasteiger partial charge in [0.15, 0.2) is 6.61 Å². The second-order valence-electron chi connectivity index (χ2n) is 8.14. The van der Waals surface area contributed by atoms with Crippen LogP contribution in [0.3, 0.4) is 0 Å². The quantitative estimate of drug-likeness (QED) is 0.301. The monoisotopic (exact) mass is 493 g/mol. The molecule has 1 aliphatic rings. The van der Waals surface area contributed by atoms with E-state index in [-0.39, 0.29) is 19.1 Å². The Balaban J connectivity index is 1.34. The van der Waals surface area contributed by atoms with Gasteiger partial charge in [0.25, 0.3) is 5.91 Å². The van der Waals surface area contributed by atoms with Crippen molar-refractivity contribution in [2.45, 2.75) is 32.0 Å². The number of rotatable bonds is 7. The molecule has 9 heteroatoms. The van der Waals surface area contributed by atoms with E-state index >= 15 is 0 Å². The molecule has 0 aromatic heterocycles. The molecule has 0 bridgehead atoms. The molecule has 1 amide bonds. The minimum absolute atomic E-state index is 0.0594. The molecule has 0 fully saturated rings. The van der Waals surface area contributed by atoms with Crippen molar-refractivity contribution in [1.29, 1.82) is 0 Å². The lowest BCUT2D eigenvalue weighted by Gasteiger charge is -2.18. The zero-order valence-electron chi connectivity index (χ0n) is 19.1. The number of carbonyl (C=O) groups is 1. The topological polar surface area (TPSA) is 64.3 Å². The van der Waals surface area contributed by atoms with E-state index < -0.39 is 11.7 Å². The first-order valence-corrected chi connectivity index (χ1v) is 11.2. The van der Waals surface area contributed by atoms with Gasteiger partial charge in [-0.25, -0.2) is 4.85 Å². The summed E-state index contributed by atoms with van der Waals surface area (Å²) in [4.78, 5) is 21.1. The highest BCUT2D eigenvalue weighted by atomic mass is 19.4. The van der Waals surface area contributed by atoms with E-state index in [9.17, 15) is 18.0 Å². The average molecular weight is 493 g/mol. The van der Waals surface area contributed by atoms with Gasteiger partial charge in [-0.15, -0.1) is 0 Å². The summed E-state index contributed by atoms with van der Waals surface area (Å²) in [5, 5.41) is 6.90. The smallest absolute Gasteiger partial charge is 0.416 e. The number of nitrogens with one attached hydrogen (secondary N) is 1. The first-order chi connectivity index (χ1) is 17.3. The summed E-state index contributed by atoms with van der Waals surface area (Å²) < 4.78 is 43.7. The van der Waals surface area contributed by atoms with E-state index in [1.165, 1.54) is 12.1 Å². The largest absolute Gasteiger partial charge is 0.484 e. The molecule has 3 aromatic carbocycles. The summed E-state index contributed by atoms with van der Waals surface area (Å²) in [7, 11) is 0. The number of ether oxygens (including phenoxy) is 1. The lowest BCUT2D eigenvalue weighted by Crippen LogP contribution is -2.20. The van der Waals surface area contributed by atoms with E-state index in [4.69, 9.17) is 16.1 Å². The Hall–Kier alpha value is -4.32. The van der Waals surface area contributed by atoms with Gasteiger partial charge >= 0.3 is 6.18 Å². The third kappa shape index (κ3) is 6.21. The predicted octanol–water partition coefficient (Wildman–Crippen LogP) is 6.53. The standard InChI is InChI=1S/C27H22F3N3O3/c1-31-24-6-2-3-7-25(24)32-26(34)17-35-21-13-14-22-19(15-21)5-4-8-23(22)33-36-16-18-9-11-20(12-10-18)27(28,29)30/h2-3,6-7,9-15H,4-5,8,16-17H2,(H,32,34). The van der Waals surface area contributed by atoms with Crippen LogP contribution in [0, 0.1) is 6.57 Å². The van der Waals surface area contributed by atoms with Crippen LogP contribution < -0.4 is 10.1 Å². The molecule has 0 saturated heterocycles. The number of oxime groups is 1. The number of nitrogens with zero attached hydrogens (tertiary/aromatic N) is 2. The number of hydrogen-bond donors (Lipinski definition) is 1. The number of aryl methyl sites for hydroxylation is 1. The predicted molar refractivity (Wildman–Crippen MR) is 129 cm³/mol. The minimum atomic E-state index is -4.37. The molecule has 1 N–H and O–H groups in total. The SMILES string of the molecule is [C-]#[N+]c1ccccc1NC(=O)COc1ccc2c(c1)CCCC2=NOCc1ccc(C(F)(F)F)cc1. The highest BCUT2D eigenvalue weighted by Gasteiger charge is 2.29. The van der Waals surface area contributed by atoms with Gasteiger partial charge in [0.05, 0.1) is 17.8 Å². The fraction of sp³-hybridized carbons (Fsp3) is 0.222. The molecule has 3 aromatic rings. The molecule has 4 rings (SSSR count). The molecule has 6 nitrogen and oxygen atoms in total.